The molecule has 0 heterocycles. The van der Waals surface area contributed by atoms with Gasteiger partial charge in [-0.05, 0) is 31.5 Å². The van der Waals surface area contributed by atoms with Crippen molar-refractivity contribution < 1.29 is 14.3 Å². The van der Waals surface area contributed by atoms with Crippen LogP contribution < -0.4 is 16.0 Å². The van der Waals surface area contributed by atoms with Gasteiger partial charge in [-0.15, -0.1) is 0 Å². The molecule has 0 aliphatic heterocycles. The highest BCUT2D eigenvalue weighted by atomic mass is 16.5. The summed E-state index contributed by atoms with van der Waals surface area (Å²) in [6.07, 6.45) is 0.843. The molecule has 0 saturated carbocycles. The second-order valence-electron chi connectivity index (χ2n) is 4.84. The van der Waals surface area contributed by atoms with Crippen LogP contribution in [0, 0.1) is 0 Å². The van der Waals surface area contributed by atoms with E-state index in [1.807, 2.05) is 25.1 Å². The van der Waals surface area contributed by atoms with E-state index in [9.17, 15) is 9.59 Å². The first-order chi connectivity index (χ1) is 9.95. The van der Waals surface area contributed by atoms with Gasteiger partial charge in [0.25, 0.3) is 5.91 Å². The van der Waals surface area contributed by atoms with Gasteiger partial charge in [-0.25, -0.2) is 0 Å². The van der Waals surface area contributed by atoms with Gasteiger partial charge in [0.2, 0.25) is 0 Å². The average molecular weight is 293 g/mol. The first kappa shape index (κ1) is 16.8. The molecule has 0 aliphatic carbocycles. The molecule has 0 radical (unpaired) electrons. The highest BCUT2D eigenvalue weighted by molar-refractivity contribution is 6.00. The van der Waals surface area contributed by atoms with Gasteiger partial charge in [-0.3, -0.25) is 9.59 Å². The molecule has 0 fully saturated rings. The molecule has 6 heteroatoms. The van der Waals surface area contributed by atoms with E-state index in [1.165, 1.54) is 0 Å². The van der Waals surface area contributed by atoms with E-state index in [-0.39, 0.29) is 11.9 Å². The van der Waals surface area contributed by atoms with Crippen LogP contribution in [0.2, 0.25) is 0 Å². The van der Waals surface area contributed by atoms with Crippen molar-refractivity contribution >= 4 is 23.3 Å². The molecule has 6 nitrogen and oxygen atoms in total. The summed E-state index contributed by atoms with van der Waals surface area (Å²) in [5.74, 6) is -0.445. The Kier molecular flexibility index (Phi) is 6.52. The van der Waals surface area contributed by atoms with E-state index in [0.717, 1.165) is 5.69 Å². The number of hydrogen-bond donors (Lipinski definition) is 2. The van der Waals surface area contributed by atoms with Gasteiger partial charge in [0, 0.05) is 38.4 Å². The first-order valence-corrected chi connectivity index (χ1v) is 6.96. The zero-order valence-electron chi connectivity index (χ0n) is 12.8. The molecule has 0 spiro atoms. The fraction of sp³-hybridized carbons (Fsp3) is 0.467. The van der Waals surface area contributed by atoms with Crippen LogP contribution in [0.15, 0.2) is 18.2 Å². The average Bonchev–Trinajstić information content (AvgIpc) is 2.43. The third kappa shape index (κ3) is 5.33. The molecule has 3 N–H and O–H groups in total. The lowest BCUT2D eigenvalue weighted by Crippen LogP contribution is -2.27. The molecule has 0 saturated heterocycles. The molecule has 1 aromatic carbocycles. The van der Waals surface area contributed by atoms with Crippen molar-refractivity contribution in [1.82, 2.24) is 5.32 Å². The topological polar surface area (TPSA) is 84.7 Å². The SMILES string of the molecule is CCOC(=O)CCCNC(=O)c1cc(N)ccc1N(C)C. The number of ether oxygens (including phenoxy) is 1. The van der Waals surface area contributed by atoms with Crippen LogP contribution in [0.4, 0.5) is 11.4 Å². The number of nitrogens with zero attached hydrogens (tertiary/aromatic N) is 1. The Morgan fingerprint density at radius 3 is 2.67 bits per heavy atom. The van der Waals surface area contributed by atoms with Crippen LogP contribution in [-0.4, -0.2) is 39.1 Å². The summed E-state index contributed by atoms with van der Waals surface area (Å²) in [4.78, 5) is 25.2. The number of nitrogens with one attached hydrogen (secondary N) is 1. The van der Waals surface area contributed by atoms with Crippen molar-refractivity contribution in [2.75, 3.05) is 37.9 Å². The Morgan fingerprint density at radius 1 is 1.33 bits per heavy atom. The Labute approximate surface area is 125 Å². The number of carbonyl (C=O) groups is 2. The molecule has 1 rings (SSSR count). The maximum absolute atomic E-state index is 12.2. The number of esters is 1. The zero-order valence-corrected chi connectivity index (χ0v) is 12.8. The van der Waals surface area contributed by atoms with Crippen molar-refractivity contribution in [3.63, 3.8) is 0 Å². The van der Waals surface area contributed by atoms with Gasteiger partial charge in [-0.1, -0.05) is 0 Å². The molecule has 0 atom stereocenters. The van der Waals surface area contributed by atoms with Crippen molar-refractivity contribution in [1.29, 1.82) is 0 Å². The predicted octanol–water partition coefficient (Wildman–Crippen LogP) is 1.41. The van der Waals surface area contributed by atoms with E-state index < -0.39 is 0 Å². The molecule has 116 valence electrons. The van der Waals surface area contributed by atoms with Crippen LogP contribution in [0.25, 0.3) is 0 Å². The van der Waals surface area contributed by atoms with Crippen molar-refractivity contribution in [3.05, 3.63) is 23.8 Å². The number of benzene rings is 1. The van der Waals surface area contributed by atoms with Gasteiger partial charge in [0.1, 0.15) is 0 Å². The Hall–Kier alpha value is -2.24. The Bertz CT molecular complexity index is 501. The van der Waals surface area contributed by atoms with Crippen LogP contribution >= 0.6 is 0 Å². The lowest BCUT2D eigenvalue weighted by molar-refractivity contribution is -0.143. The standard InChI is InChI=1S/C15H23N3O3/c1-4-21-14(19)6-5-9-17-15(20)12-10-11(16)7-8-13(12)18(2)3/h7-8,10H,4-6,9,16H2,1-3H3,(H,17,20). The summed E-state index contributed by atoms with van der Waals surface area (Å²) < 4.78 is 4.83. The van der Waals surface area contributed by atoms with E-state index in [4.69, 9.17) is 10.5 Å². The number of nitrogens with two attached hydrogens (primary N) is 1. The zero-order chi connectivity index (χ0) is 15.8. The fourth-order valence-corrected chi connectivity index (χ4v) is 1.89. The smallest absolute Gasteiger partial charge is 0.305 e. The second kappa shape index (κ2) is 8.14. The maximum Gasteiger partial charge on any atom is 0.305 e. The summed E-state index contributed by atoms with van der Waals surface area (Å²) >= 11 is 0. The quantitative estimate of drug-likeness (QED) is 0.451. The third-order valence-corrected chi connectivity index (χ3v) is 2.90. The number of anilines is 2. The molecule has 0 aliphatic rings. The molecular formula is C15H23N3O3. The van der Waals surface area contributed by atoms with E-state index in [1.54, 1.807) is 19.1 Å². The normalized spacial score (nSPS) is 10.0. The van der Waals surface area contributed by atoms with Crippen LogP contribution in [0.1, 0.15) is 30.1 Å². The first-order valence-electron chi connectivity index (χ1n) is 6.96. The van der Waals surface area contributed by atoms with Crippen molar-refractivity contribution in [2.24, 2.45) is 0 Å². The molecule has 0 bridgehead atoms. The van der Waals surface area contributed by atoms with Gasteiger partial charge in [-0.2, -0.15) is 0 Å². The summed E-state index contributed by atoms with van der Waals surface area (Å²) in [6, 6.07) is 5.21. The molecular weight excluding hydrogens is 270 g/mol. The van der Waals surface area contributed by atoms with Crippen LogP contribution in [-0.2, 0) is 9.53 Å². The van der Waals surface area contributed by atoms with Gasteiger partial charge in [0.05, 0.1) is 12.2 Å². The van der Waals surface area contributed by atoms with E-state index >= 15 is 0 Å². The molecule has 0 aromatic heterocycles. The summed E-state index contributed by atoms with van der Waals surface area (Å²) in [6.45, 7) is 2.56. The number of carbonyl (C=O) groups excluding carboxylic acids is 2. The Morgan fingerprint density at radius 2 is 2.05 bits per heavy atom. The van der Waals surface area contributed by atoms with Crippen LogP contribution in [0.5, 0.6) is 0 Å². The summed E-state index contributed by atoms with van der Waals surface area (Å²) in [5.41, 5.74) is 7.60. The monoisotopic (exact) mass is 293 g/mol. The van der Waals surface area contributed by atoms with Crippen LogP contribution in [0.3, 0.4) is 0 Å². The molecule has 21 heavy (non-hydrogen) atoms. The maximum atomic E-state index is 12.2. The Balaban J connectivity index is 2.56. The highest BCUT2D eigenvalue weighted by Gasteiger charge is 2.13. The van der Waals surface area contributed by atoms with E-state index in [0.29, 0.717) is 37.2 Å². The molecule has 1 amide bonds. The number of rotatable bonds is 7. The second-order valence-corrected chi connectivity index (χ2v) is 4.84. The summed E-state index contributed by atoms with van der Waals surface area (Å²) in [7, 11) is 3.73. The third-order valence-electron chi connectivity index (χ3n) is 2.90. The van der Waals surface area contributed by atoms with E-state index in [2.05, 4.69) is 5.32 Å². The minimum absolute atomic E-state index is 0.199. The van der Waals surface area contributed by atoms with Crippen molar-refractivity contribution in [3.8, 4) is 0 Å². The van der Waals surface area contributed by atoms with Gasteiger partial charge in [0.15, 0.2) is 0 Å². The molecule has 1 aromatic rings. The minimum Gasteiger partial charge on any atom is -0.466 e. The predicted molar refractivity (Wildman–Crippen MR) is 83.4 cm³/mol. The number of hydrogen-bond acceptors (Lipinski definition) is 5. The van der Waals surface area contributed by atoms with Gasteiger partial charge < -0.3 is 20.7 Å². The fourth-order valence-electron chi connectivity index (χ4n) is 1.89. The number of nitrogen functional groups attached to an aromatic ring is 1. The largest absolute Gasteiger partial charge is 0.466 e. The lowest BCUT2D eigenvalue weighted by Gasteiger charge is -2.17. The molecule has 0 unspecified atom stereocenters. The minimum atomic E-state index is -0.246. The van der Waals surface area contributed by atoms with Crippen molar-refractivity contribution in [2.45, 2.75) is 19.8 Å². The lowest BCUT2D eigenvalue weighted by atomic mass is 10.1. The summed E-state index contributed by atoms with van der Waals surface area (Å²) in [5, 5.41) is 2.79. The number of amides is 1. The highest BCUT2D eigenvalue weighted by Crippen LogP contribution is 2.21. The van der Waals surface area contributed by atoms with Gasteiger partial charge >= 0.3 is 5.97 Å².